The molecule has 1 fully saturated rings. The number of benzene rings is 1. The maximum Gasteiger partial charge on any atom is 0.165 e. The number of nitrogens with zero attached hydrogens (tertiary/aromatic N) is 1. The van der Waals surface area contributed by atoms with Gasteiger partial charge in [0.1, 0.15) is 0 Å². The lowest BCUT2D eigenvalue weighted by Crippen LogP contribution is -2.48. The Kier molecular flexibility index (Phi) is 4.19. The molecule has 4 heteroatoms. The number of nitrogens with two attached hydrogens (primary N) is 1. The van der Waals surface area contributed by atoms with Crippen LogP contribution >= 0.6 is 0 Å². The third-order valence-corrected chi connectivity index (χ3v) is 3.87. The van der Waals surface area contributed by atoms with Gasteiger partial charge in [-0.3, -0.25) is 4.90 Å². The predicted octanol–water partition coefficient (Wildman–Crippen LogP) is 2.09. The molecule has 0 bridgehead atoms. The molecular formula is C14H21FN2O. The molecule has 2 rings (SSSR count). The van der Waals surface area contributed by atoms with Crippen LogP contribution < -0.4 is 5.73 Å². The minimum atomic E-state index is -0.554. The van der Waals surface area contributed by atoms with Gasteiger partial charge < -0.3 is 10.8 Å². The summed E-state index contributed by atoms with van der Waals surface area (Å²) in [4.78, 5) is 2.32. The molecule has 0 amide bonds. The Hall–Kier alpha value is -1.13. The molecule has 2 unspecified atom stereocenters. The number of aromatic hydroxyl groups is 1. The summed E-state index contributed by atoms with van der Waals surface area (Å²) >= 11 is 0. The molecule has 0 aromatic heterocycles. The minimum Gasteiger partial charge on any atom is -0.505 e. The highest BCUT2D eigenvalue weighted by molar-refractivity contribution is 5.28. The van der Waals surface area contributed by atoms with Crippen LogP contribution in [-0.2, 0) is 6.54 Å². The first-order valence-corrected chi connectivity index (χ1v) is 6.53. The van der Waals surface area contributed by atoms with Crippen LogP contribution in [-0.4, -0.2) is 29.1 Å². The summed E-state index contributed by atoms with van der Waals surface area (Å²) in [6.07, 6.45) is 2.38. The third-order valence-electron chi connectivity index (χ3n) is 3.87. The number of halogens is 1. The molecule has 0 saturated carbocycles. The van der Waals surface area contributed by atoms with Crippen LogP contribution in [0.5, 0.6) is 5.75 Å². The zero-order chi connectivity index (χ0) is 13.1. The van der Waals surface area contributed by atoms with Crippen molar-refractivity contribution in [1.82, 2.24) is 4.90 Å². The molecule has 1 saturated heterocycles. The average Bonchev–Trinajstić information content (AvgIpc) is 2.34. The molecule has 100 valence electrons. The lowest BCUT2D eigenvalue weighted by Gasteiger charge is -2.39. The first kappa shape index (κ1) is 13.3. The summed E-state index contributed by atoms with van der Waals surface area (Å²) in [5.41, 5.74) is 6.72. The number of hydrogen-bond acceptors (Lipinski definition) is 3. The van der Waals surface area contributed by atoms with Crippen LogP contribution in [0.2, 0.25) is 0 Å². The molecule has 1 aromatic rings. The van der Waals surface area contributed by atoms with Crippen molar-refractivity contribution >= 4 is 0 Å². The summed E-state index contributed by atoms with van der Waals surface area (Å²) in [6, 6.07) is 4.96. The van der Waals surface area contributed by atoms with E-state index >= 15 is 0 Å². The summed E-state index contributed by atoms with van der Waals surface area (Å²) in [7, 11) is 0. The number of phenols is 1. The molecule has 0 radical (unpaired) electrons. The fraction of sp³-hybridized carbons (Fsp3) is 0.571. The molecule has 0 aliphatic carbocycles. The second-order valence-electron chi connectivity index (χ2n) is 5.18. The summed E-state index contributed by atoms with van der Waals surface area (Å²) in [6.45, 7) is 4.57. The molecule has 18 heavy (non-hydrogen) atoms. The van der Waals surface area contributed by atoms with Gasteiger partial charge in [-0.2, -0.15) is 0 Å². The maximum absolute atomic E-state index is 13.3. The van der Waals surface area contributed by atoms with Gasteiger partial charge in [-0.25, -0.2) is 4.39 Å². The molecular weight excluding hydrogens is 231 g/mol. The summed E-state index contributed by atoms with van der Waals surface area (Å²) in [5, 5.41) is 9.18. The van der Waals surface area contributed by atoms with Crippen molar-refractivity contribution in [2.45, 2.75) is 32.4 Å². The second kappa shape index (κ2) is 5.67. The van der Waals surface area contributed by atoms with E-state index in [-0.39, 0.29) is 5.75 Å². The van der Waals surface area contributed by atoms with E-state index in [1.165, 1.54) is 18.6 Å². The molecule has 3 N–H and O–H groups in total. The van der Waals surface area contributed by atoms with Crippen molar-refractivity contribution in [2.24, 2.45) is 11.7 Å². The fourth-order valence-corrected chi connectivity index (χ4v) is 2.80. The zero-order valence-electron chi connectivity index (χ0n) is 10.8. The van der Waals surface area contributed by atoms with Crippen molar-refractivity contribution in [1.29, 1.82) is 0 Å². The molecule has 0 spiro atoms. The second-order valence-corrected chi connectivity index (χ2v) is 5.18. The zero-order valence-corrected chi connectivity index (χ0v) is 10.8. The standard InChI is InChI=1S/C14H21FN2O/c1-10-3-2-6-17(13(10)8-16)9-11-4-5-14(18)12(15)7-11/h4-5,7,10,13,18H,2-3,6,8-9,16H2,1H3. The van der Waals surface area contributed by atoms with E-state index in [0.717, 1.165) is 18.5 Å². The van der Waals surface area contributed by atoms with Crippen molar-refractivity contribution in [2.75, 3.05) is 13.1 Å². The van der Waals surface area contributed by atoms with E-state index < -0.39 is 5.82 Å². The number of phenolic OH excluding ortho intramolecular Hbond substituents is 1. The lowest BCUT2D eigenvalue weighted by molar-refractivity contribution is 0.0989. The van der Waals surface area contributed by atoms with Gasteiger partial charge in [-0.05, 0) is 43.0 Å². The van der Waals surface area contributed by atoms with Gasteiger partial charge >= 0.3 is 0 Å². The first-order chi connectivity index (χ1) is 8.61. The van der Waals surface area contributed by atoms with Crippen LogP contribution in [0, 0.1) is 11.7 Å². The maximum atomic E-state index is 13.3. The molecule has 3 nitrogen and oxygen atoms in total. The Labute approximate surface area is 107 Å². The number of hydrogen-bond donors (Lipinski definition) is 2. The fourth-order valence-electron chi connectivity index (χ4n) is 2.80. The monoisotopic (exact) mass is 252 g/mol. The smallest absolute Gasteiger partial charge is 0.165 e. The van der Waals surface area contributed by atoms with Gasteiger partial charge in [0.05, 0.1) is 0 Å². The van der Waals surface area contributed by atoms with Crippen LogP contribution in [0.4, 0.5) is 4.39 Å². The highest BCUT2D eigenvalue weighted by Crippen LogP contribution is 2.25. The molecule has 1 aliphatic heterocycles. The van der Waals surface area contributed by atoms with Crippen LogP contribution in [0.3, 0.4) is 0 Å². The Balaban J connectivity index is 2.09. The summed E-state index contributed by atoms with van der Waals surface area (Å²) in [5.74, 6) is -0.256. The topological polar surface area (TPSA) is 49.5 Å². The Bertz CT molecular complexity index is 411. The van der Waals surface area contributed by atoms with E-state index in [1.54, 1.807) is 6.07 Å². The van der Waals surface area contributed by atoms with E-state index in [1.807, 2.05) is 0 Å². The van der Waals surface area contributed by atoms with E-state index in [0.29, 0.717) is 25.0 Å². The molecule has 1 heterocycles. The summed E-state index contributed by atoms with van der Waals surface area (Å²) < 4.78 is 13.3. The lowest BCUT2D eigenvalue weighted by atomic mass is 9.90. The molecule has 2 atom stereocenters. The predicted molar refractivity (Wildman–Crippen MR) is 69.7 cm³/mol. The highest BCUT2D eigenvalue weighted by Gasteiger charge is 2.27. The van der Waals surface area contributed by atoms with Crippen molar-refractivity contribution < 1.29 is 9.50 Å². The van der Waals surface area contributed by atoms with Gasteiger partial charge in [-0.1, -0.05) is 13.0 Å². The Morgan fingerprint density at radius 3 is 2.94 bits per heavy atom. The minimum absolute atomic E-state index is 0.291. The van der Waals surface area contributed by atoms with Gasteiger partial charge in [0.2, 0.25) is 0 Å². The van der Waals surface area contributed by atoms with Crippen LogP contribution in [0.25, 0.3) is 0 Å². The van der Waals surface area contributed by atoms with Crippen molar-refractivity contribution in [3.63, 3.8) is 0 Å². The first-order valence-electron chi connectivity index (χ1n) is 6.53. The number of piperidine rings is 1. The van der Waals surface area contributed by atoms with Gasteiger partial charge in [0.15, 0.2) is 11.6 Å². The SMILES string of the molecule is CC1CCCN(Cc2ccc(O)c(F)c2)C1CN. The largest absolute Gasteiger partial charge is 0.505 e. The van der Waals surface area contributed by atoms with E-state index in [4.69, 9.17) is 5.73 Å². The molecule has 1 aromatic carbocycles. The van der Waals surface area contributed by atoms with Gasteiger partial charge in [0.25, 0.3) is 0 Å². The van der Waals surface area contributed by atoms with Crippen molar-refractivity contribution in [3.05, 3.63) is 29.6 Å². The highest BCUT2D eigenvalue weighted by atomic mass is 19.1. The molecule has 1 aliphatic rings. The average molecular weight is 252 g/mol. The van der Waals surface area contributed by atoms with Crippen LogP contribution in [0.1, 0.15) is 25.3 Å². The Morgan fingerprint density at radius 1 is 1.50 bits per heavy atom. The van der Waals surface area contributed by atoms with E-state index in [9.17, 15) is 9.50 Å². The van der Waals surface area contributed by atoms with Gasteiger partial charge in [-0.15, -0.1) is 0 Å². The number of likely N-dealkylation sites (tertiary alicyclic amines) is 1. The normalized spacial score (nSPS) is 25.3. The van der Waals surface area contributed by atoms with Gasteiger partial charge in [0, 0.05) is 19.1 Å². The Morgan fingerprint density at radius 2 is 2.28 bits per heavy atom. The number of rotatable bonds is 3. The quantitative estimate of drug-likeness (QED) is 0.866. The van der Waals surface area contributed by atoms with E-state index in [2.05, 4.69) is 11.8 Å². The van der Waals surface area contributed by atoms with Crippen molar-refractivity contribution in [3.8, 4) is 5.75 Å². The third kappa shape index (κ3) is 2.82. The van der Waals surface area contributed by atoms with Crippen LogP contribution in [0.15, 0.2) is 18.2 Å².